The highest BCUT2D eigenvalue weighted by Crippen LogP contribution is 2.26. The first-order valence-corrected chi connectivity index (χ1v) is 5.09. The van der Waals surface area contributed by atoms with Crippen molar-refractivity contribution >= 4 is 17.0 Å². The van der Waals surface area contributed by atoms with Crippen LogP contribution in [0.4, 0.5) is 5.69 Å². The minimum absolute atomic E-state index is 0.0165. The third-order valence-electron chi connectivity index (χ3n) is 1.92. The van der Waals surface area contributed by atoms with Gasteiger partial charge in [-0.3, -0.25) is 0 Å². The van der Waals surface area contributed by atoms with Crippen molar-refractivity contribution in [3.05, 3.63) is 34.7 Å². The van der Waals surface area contributed by atoms with Crippen LogP contribution in [0.25, 0.3) is 11.3 Å². The van der Waals surface area contributed by atoms with E-state index >= 15 is 0 Å². The molecule has 0 fully saturated rings. The number of aliphatic hydroxyl groups excluding tert-OH is 1. The van der Waals surface area contributed by atoms with Crippen LogP contribution in [0.2, 0.25) is 0 Å². The van der Waals surface area contributed by atoms with Gasteiger partial charge in [0.25, 0.3) is 0 Å². The van der Waals surface area contributed by atoms with E-state index in [2.05, 4.69) is 4.98 Å². The molecule has 0 spiro atoms. The fourth-order valence-corrected chi connectivity index (χ4v) is 1.89. The topological polar surface area (TPSA) is 59.1 Å². The van der Waals surface area contributed by atoms with Gasteiger partial charge in [0.05, 0.1) is 12.3 Å². The smallest absolute Gasteiger partial charge is 0.119 e. The summed E-state index contributed by atoms with van der Waals surface area (Å²) in [5, 5.41) is 11.5. The van der Waals surface area contributed by atoms with Crippen LogP contribution in [0.15, 0.2) is 29.6 Å². The average Bonchev–Trinajstić information content (AvgIpc) is 2.67. The summed E-state index contributed by atoms with van der Waals surface area (Å²) in [6, 6.07) is 7.57. The van der Waals surface area contributed by atoms with Gasteiger partial charge in [-0.05, 0) is 6.07 Å². The molecule has 2 aromatic rings. The van der Waals surface area contributed by atoms with Crippen molar-refractivity contribution in [2.45, 2.75) is 6.61 Å². The lowest BCUT2D eigenvalue weighted by Crippen LogP contribution is -1.89. The number of hydrogen-bond donors (Lipinski definition) is 2. The Morgan fingerprint density at radius 2 is 2.14 bits per heavy atom. The molecule has 72 valence electrons. The maximum atomic E-state index is 8.88. The van der Waals surface area contributed by atoms with Crippen LogP contribution in [-0.2, 0) is 6.61 Å². The van der Waals surface area contributed by atoms with Gasteiger partial charge in [-0.25, -0.2) is 4.98 Å². The Balaban J connectivity index is 2.44. The van der Waals surface area contributed by atoms with Gasteiger partial charge in [-0.2, -0.15) is 0 Å². The minimum atomic E-state index is -0.0165. The molecule has 0 aliphatic carbocycles. The molecule has 4 heteroatoms. The fourth-order valence-electron chi connectivity index (χ4n) is 1.24. The van der Waals surface area contributed by atoms with E-state index in [0.717, 1.165) is 11.3 Å². The third kappa shape index (κ3) is 1.62. The Kier molecular flexibility index (Phi) is 2.47. The number of benzene rings is 1. The van der Waals surface area contributed by atoms with Crippen LogP contribution < -0.4 is 5.73 Å². The summed E-state index contributed by atoms with van der Waals surface area (Å²) in [6.07, 6.45) is 0. The van der Waals surface area contributed by atoms with Gasteiger partial charge in [-0.1, -0.05) is 18.2 Å². The molecule has 0 atom stereocenters. The fraction of sp³-hybridized carbons (Fsp3) is 0.100. The predicted octanol–water partition coefficient (Wildman–Crippen LogP) is 1.88. The first-order chi connectivity index (χ1) is 6.81. The van der Waals surface area contributed by atoms with E-state index in [9.17, 15) is 0 Å². The molecule has 3 N–H and O–H groups in total. The average molecular weight is 206 g/mol. The molecule has 0 aliphatic heterocycles. The molecule has 0 bridgehead atoms. The van der Waals surface area contributed by atoms with E-state index in [0.29, 0.717) is 10.7 Å². The lowest BCUT2D eigenvalue weighted by atomic mass is 10.1. The Morgan fingerprint density at radius 1 is 1.36 bits per heavy atom. The minimum Gasteiger partial charge on any atom is -0.398 e. The quantitative estimate of drug-likeness (QED) is 0.738. The van der Waals surface area contributed by atoms with E-state index in [1.807, 2.05) is 29.6 Å². The lowest BCUT2D eigenvalue weighted by Gasteiger charge is -2.00. The van der Waals surface area contributed by atoms with E-state index in [4.69, 9.17) is 10.8 Å². The Hall–Kier alpha value is -1.39. The summed E-state index contributed by atoms with van der Waals surface area (Å²) >= 11 is 1.44. The summed E-state index contributed by atoms with van der Waals surface area (Å²) in [4.78, 5) is 4.25. The third-order valence-corrected chi connectivity index (χ3v) is 2.76. The molecule has 1 aromatic heterocycles. The zero-order chi connectivity index (χ0) is 9.97. The van der Waals surface area contributed by atoms with Crippen LogP contribution in [0.5, 0.6) is 0 Å². The highest BCUT2D eigenvalue weighted by atomic mass is 32.1. The molecular weight excluding hydrogens is 196 g/mol. The molecule has 1 aromatic carbocycles. The molecule has 0 unspecified atom stereocenters. The molecule has 0 saturated carbocycles. The second-order valence-electron chi connectivity index (χ2n) is 2.87. The zero-order valence-corrected chi connectivity index (χ0v) is 8.29. The van der Waals surface area contributed by atoms with Crippen LogP contribution in [0.1, 0.15) is 5.01 Å². The van der Waals surface area contributed by atoms with Crippen LogP contribution >= 0.6 is 11.3 Å². The van der Waals surface area contributed by atoms with Crippen LogP contribution in [-0.4, -0.2) is 10.1 Å². The van der Waals surface area contributed by atoms with Crippen molar-refractivity contribution in [1.29, 1.82) is 0 Å². The number of nitrogen functional groups attached to an aromatic ring is 1. The number of rotatable bonds is 2. The van der Waals surface area contributed by atoms with Crippen molar-refractivity contribution in [3.63, 3.8) is 0 Å². The van der Waals surface area contributed by atoms with Crippen molar-refractivity contribution in [1.82, 2.24) is 4.98 Å². The van der Waals surface area contributed by atoms with Crippen molar-refractivity contribution in [2.24, 2.45) is 0 Å². The highest BCUT2D eigenvalue weighted by Gasteiger charge is 2.05. The summed E-state index contributed by atoms with van der Waals surface area (Å²) < 4.78 is 0. The van der Waals surface area contributed by atoms with Crippen molar-refractivity contribution in [3.8, 4) is 11.3 Å². The molecule has 14 heavy (non-hydrogen) atoms. The van der Waals surface area contributed by atoms with E-state index in [-0.39, 0.29) is 6.61 Å². The molecule has 0 radical (unpaired) electrons. The highest BCUT2D eigenvalue weighted by molar-refractivity contribution is 7.09. The first-order valence-electron chi connectivity index (χ1n) is 4.21. The monoisotopic (exact) mass is 206 g/mol. The molecule has 2 rings (SSSR count). The number of hydrogen-bond acceptors (Lipinski definition) is 4. The van der Waals surface area contributed by atoms with Gasteiger partial charge in [0.15, 0.2) is 0 Å². The standard InChI is InChI=1S/C10H10N2OS/c11-8-4-2-1-3-7(8)9-6-14-10(5-13)12-9/h1-4,6,13H,5,11H2. The van der Waals surface area contributed by atoms with E-state index in [1.54, 1.807) is 0 Å². The van der Waals surface area contributed by atoms with Gasteiger partial charge in [0.2, 0.25) is 0 Å². The predicted molar refractivity (Wildman–Crippen MR) is 57.9 cm³/mol. The Bertz CT molecular complexity index is 439. The van der Waals surface area contributed by atoms with Crippen molar-refractivity contribution < 1.29 is 5.11 Å². The molecule has 1 heterocycles. The van der Waals surface area contributed by atoms with Crippen LogP contribution in [0.3, 0.4) is 0 Å². The number of nitrogens with two attached hydrogens (primary N) is 1. The van der Waals surface area contributed by atoms with Gasteiger partial charge in [0, 0.05) is 16.6 Å². The van der Waals surface area contributed by atoms with Crippen molar-refractivity contribution in [2.75, 3.05) is 5.73 Å². The number of para-hydroxylation sites is 1. The molecule has 3 nitrogen and oxygen atoms in total. The van der Waals surface area contributed by atoms with Gasteiger partial charge in [-0.15, -0.1) is 11.3 Å². The Labute approximate surface area is 85.8 Å². The van der Waals surface area contributed by atoms with E-state index in [1.165, 1.54) is 11.3 Å². The SMILES string of the molecule is Nc1ccccc1-c1csc(CO)n1. The van der Waals surface area contributed by atoms with Gasteiger partial charge < -0.3 is 10.8 Å². The Morgan fingerprint density at radius 3 is 2.79 bits per heavy atom. The normalized spacial score (nSPS) is 10.4. The maximum Gasteiger partial charge on any atom is 0.119 e. The number of nitrogens with zero attached hydrogens (tertiary/aromatic N) is 1. The second kappa shape index (κ2) is 3.77. The number of aromatic nitrogens is 1. The number of thiazole rings is 1. The summed E-state index contributed by atoms with van der Waals surface area (Å²) in [5.41, 5.74) is 8.27. The largest absolute Gasteiger partial charge is 0.398 e. The number of aliphatic hydroxyl groups is 1. The van der Waals surface area contributed by atoms with Gasteiger partial charge in [0.1, 0.15) is 5.01 Å². The molecular formula is C10H10N2OS. The van der Waals surface area contributed by atoms with E-state index < -0.39 is 0 Å². The molecule has 0 amide bonds. The summed E-state index contributed by atoms with van der Waals surface area (Å²) in [7, 11) is 0. The van der Waals surface area contributed by atoms with Crippen LogP contribution in [0, 0.1) is 0 Å². The summed E-state index contributed by atoms with van der Waals surface area (Å²) in [5.74, 6) is 0. The maximum absolute atomic E-state index is 8.88. The lowest BCUT2D eigenvalue weighted by molar-refractivity contribution is 0.281. The zero-order valence-electron chi connectivity index (χ0n) is 7.47. The molecule has 0 saturated heterocycles. The van der Waals surface area contributed by atoms with Gasteiger partial charge >= 0.3 is 0 Å². The summed E-state index contributed by atoms with van der Waals surface area (Å²) in [6.45, 7) is -0.0165. The second-order valence-corrected chi connectivity index (χ2v) is 3.81. The first kappa shape index (κ1) is 9.18. The number of anilines is 1. The molecule has 0 aliphatic rings.